The fourth-order valence-corrected chi connectivity index (χ4v) is 1.80. The van der Waals surface area contributed by atoms with E-state index in [1.165, 1.54) is 0 Å². The summed E-state index contributed by atoms with van der Waals surface area (Å²) in [6, 6.07) is 3.54. The fraction of sp³-hybridized carbons (Fsp3) is 0.333. The van der Waals surface area contributed by atoms with E-state index in [4.69, 9.17) is 5.73 Å². The van der Waals surface area contributed by atoms with E-state index in [1.807, 2.05) is 6.07 Å². The van der Waals surface area contributed by atoms with Gasteiger partial charge in [-0.25, -0.2) is 0 Å². The van der Waals surface area contributed by atoms with E-state index in [2.05, 4.69) is 25.0 Å². The van der Waals surface area contributed by atoms with Gasteiger partial charge in [-0.05, 0) is 18.6 Å². The number of anilines is 1. The lowest BCUT2D eigenvalue weighted by molar-refractivity contribution is 0.745. The van der Waals surface area contributed by atoms with E-state index in [1.54, 1.807) is 6.07 Å². The molecule has 0 saturated heterocycles. The second kappa shape index (κ2) is 3.01. The quantitative estimate of drug-likeness (QED) is 0.717. The number of aromatic nitrogens is 5. The van der Waals surface area contributed by atoms with Crippen LogP contribution in [0.4, 0.5) is 5.82 Å². The fourth-order valence-electron chi connectivity index (χ4n) is 1.80. The monoisotopic (exact) mass is 202 g/mol. The Kier molecular flexibility index (Phi) is 1.67. The number of nitrogens with zero attached hydrogens (tertiary/aromatic N) is 5. The Morgan fingerprint density at radius 3 is 2.87 bits per heavy atom. The van der Waals surface area contributed by atoms with E-state index in [0.29, 0.717) is 5.82 Å². The van der Waals surface area contributed by atoms with Gasteiger partial charge in [-0.2, -0.15) is 0 Å². The van der Waals surface area contributed by atoms with Crippen molar-refractivity contribution in [1.82, 2.24) is 25.0 Å². The van der Waals surface area contributed by atoms with Crippen molar-refractivity contribution in [3.05, 3.63) is 18.0 Å². The van der Waals surface area contributed by atoms with Gasteiger partial charge in [0.2, 0.25) is 0 Å². The maximum absolute atomic E-state index is 5.48. The van der Waals surface area contributed by atoms with Gasteiger partial charge in [-0.1, -0.05) is 0 Å². The van der Waals surface area contributed by atoms with Gasteiger partial charge in [0.05, 0.1) is 0 Å². The summed E-state index contributed by atoms with van der Waals surface area (Å²) >= 11 is 0. The molecule has 6 nitrogen and oxygen atoms in total. The minimum Gasteiger partial charge on any atom is -0.382 e. The molecule has 1 aliphatic rings. The summed E-state index contributed by atoms with van der Waals surface area (Å²) in [6.07, 6.45) is 2.12. The van der Waals surface area contributed by atoms with Crippen LogP contribution in [0.3, 0.4) is 0 Å². The van der Waals surface area contributed by atoms with E-state index < -0.39 is 0 Å². The molecule has 0 aliphatic carbocycles. The van der Waals surface area contributed by atoms with Crippen LogP contribution in [0.5, 0.6) is 0 Å². The van der Waals surface area contributed by atoms with Crippen LogP contribution in [-0.4, -0.2) is 25.0 Å². The minimum absolute atomic E-state index is 0.417. The summed E-state index contributed by atoms with van der Waals surface area (Å²) in [6.45, 7) is 0.962. The molecule has 2 N–H and O–H groups in total. The van der Waals surface area contributed by atoms with Crippen molar-refractivity contribution in [2.45, 2.75) is 19.4 Å². The van der Waals surface area contributed by atoms with Gasteiger partial charge < -0.3 is 10.3 Å². The summed E-state index contributed by atoms with van der Waals surface area (Å²) in [5, 5.41) is 16.0. The molecular formula is C9H10N6. The SMILES string of the molecule is Nc1ccc(-c2nnc3n2CCC3)nn1. The first-order valence-corrected chi connectivity index (χ1v) is 4.86. The van der Waals surface area contributed by atoms with Gasteiger partial charge in [-0.3, -0.25) is 0 Å². The largest absolute Gasteiger partial charge is 0.382 e. The maximum Gasteiger partial charge on any atom is 0.184 e. The Morgan fingerprint density at radius 1 is 1.13 bits per heavy atom. The molecule has 0 spiro atoms. The Labute approximate surface area is 86.2 Å². The zero-order chi connectivity index (χ0) is 10.3. The summed E-state index contributed by atoms with van der Waals surface area (Å²) < 4.78 is 2.08. The third-order valence-electron chi connectivity index (χ3n) is 2.52. The van der Waals surface area contributed by atoms with Crippen molar-refractivity contribution >= 4 is 5.82 Å². The molecule has 15 heavy (non-hydrogen) atoms. The zero-order valence-electron chi connectivity index (χ0n) is 8.09. The summed E-state index contributed by atoms with van der Waals surface area (Å²) in [5.74, 6) is 2.23. The Hall–Kier alpha value is -1.98. The van der Waals surface area contributed by atoms with Gasteiger partial charge in [0.15, 0.2) is 5.82 Å². The van der Waals surface area contributed by atoms with Crippen LogP contribution < -0.4 is 5.73 Å². The molecule has 76 valence electrons. The van der Waals surface area contributed by atoms with Crippen LogP contribution in [0, 0.1) is 0 Å². The molecule has 6 heteroatoms. The lowest BCUT2D eigenvalue weighted by Crippen LogP contribution is -2.00. The third kappa shape index (κ3) is 1.25. The standard InChI is InChI=1S/C9H10N6/c10-7-4-3-6(11-12-7)9-14-13-8-2-1-5-15(8)9/h3-4H,1-2,5H2,(H2,10,12). The lowest BCUT2D eigenvalue weighted by atomic mass is 10.3. The van der Waals surface area contributed by atoms with Crippen molar-refractivity contribution in [3.8, 4) is 11.5 Å². The van der Waals surface area contributed by atoms with Gasteiger partial charge in [-0.15, -0.1) is 20.4 Å². The number of fused-ring (bicyclic) bond motifs is 1. The van der Waals surface area contributed by atoms with E-state index in [-0.39, 0.29) is 0 Å². The van der Waals surface area contributed by atoms with E-state index >= 15 is 0 Å². The summed E-state index contributed by atoms with van der Waals surface area (Å²) in [4.78, 5) is 0. The highest BCUT2D eigenvalue weighted by molar-refractivity contribution is 5.50. The highest BCUT2D eigenvalue weighted by atomic mass is 15.3. The zero-order valence-corrected chi connectivity index (χ0v) is 8.09. The molecule has 0 radical (unpaired) electrons. The van der Waals surface area contributed by atoms with Crippen LogP contribution in [0.25, 0.3) is 11.5 Å². The van der Waals surface area contributed by atoms with Crippen molar-refractivity contribution in [2.75, 3.05) is 5.73 Å². The lowest BCUT2D eigenvalue weighted by Gasteiger charge is -2.00. The van der Waals surface area contributed by atoms with Gasteiger partial charge in [0.1, 0.15) is 17.3 Å². The summed E-state index contributed by atoms with van der Waals surface area (Å²) in [7, 11) is 0. The Balaban J connectivity index is 2.09. The van der Waals surface area contributed by atoms with E-state index in [9.17, 15) is 0 Å². The van der Waals surface area contributed by atoms with Crippen LogP contribution >= 0.6 is 0 Å². The van der Waals surface area contributed by atoms with Gasteiger partial charge in [0, 0.05) is 13.0 Å². The van der Waals surface area contributed by atoms with Crippen molar-refractivity contribution in [3.63, 3.8) is 0 Å². The molecule has 0 saturated carbocycles. The number of hydrogen-bond donors (Lipinski definition) is 1. The molecule has 3 rings (SSSR count). The van der Waals surface area contributed by atoms with Crippen molar-refractivity contribution < 1.29 is 0 Å². The molecule has 3 heterocycles. The molecule has 0 amide bonds. The first kappa shape index (κ1) is 8.34. The number of nitrogen functional groups attached to an aromatic ring is 1. The molecule has 0 unspecified atom stereocenters. The van der Waals surface area contributed by atoms with Crippen LogP contribution in [0.2, 0.25) is 0 Å². The van der Waals surface area contributed by atoms with E-state index in [0.717, 1.165) is 36.7 Å². The number of aryl methyl sites for hydroxylation is 1. The first-order valence-electron chi connectivity index (χ1n) is 4.86. The molecule has 0 bridgehead atoms. The Bertz CT molecular complexity index is 486. The topological polar surface area (TPSA) is 82.5 Å². The predicted molar refractivity (Wildman–Crippen MR) is 53.8 cm³/mol. The highest BCUT2D eigenvalue weighted by Gasteiger charge is 2.19. The predicted octanol–water partition coefficient (Wildman–Crippen LogP) is 0.263. The third-order valence-corrected chi connectivity index (χ3v) is 2.52. The highest BCUT2D eigenvalue weighted by Crippen LogP contribution is 2.21. The minimum atomic E-state index is 0.417. The second-order valence-corrected chi connectivity index (χ2v) is 3.54. The summed E-state index contributed by atoms with van der Waals surface area (Å²) in [5.41, 5.74) is 6.20. The molecule has 2 aromatic rings. The van der Waals surface area contributed by atoms with Crippen LogP contribution in [-0.2, 0) is 13.0 Å². The molecule has 2 aromatic heterocycles. The van der Waals surface area contributed by atoms with Crippen molar-refractivity contribution in [1.29, 1.82) is 0 Å². The Morgan fingerprint density at radius 2 is 2.07 bits per heavy atom. The van der Waals surface area contributed by atoms with Crippen molar-refractivity contribution in [2.24, 2.45) is 0 Å². The maximum atomic E-state index is 5.48. The molecular weight excluding hydrogens is 192 g/mol. The average molecular weight is 202 g/mol. The van der Waals surface area contributed by atoms with Crippen LogP contribution in [0.15, 0.2) is 12.1 Å². The molecule has 1 aliphatic heterocycles. The average Bonchev–Trinajstić information content (AvgIpc) is 2.80. The molecule has 0 atom stereocenters. The number of hydrogen-bond acceptors (Lipinski definition) is 5. The number of nitrogens with two attached hydrogens (primary N) is 1. The van der Waals surface area contributed by atoms with Crippen LogP contribution in [0.1, 0.15) is 12.2 Å². The smallest absolute Gasteiger partial charge is 0.184 e. The normalized spacial score (nSPS) is 14.1. The second-order valence-electron chi connectivity index (χ2n) is 3.54. The molecule has 0 fully saturated rings. The molecule has 0 aromatic carbocycles. The first-order chi connectivity index (χ1) is 7.34. The van der Waals surface area contributed by atoms with Gasteiger partial charge >= 0.3 is 0 Å². The van der Waals surface area contributed by atoms with Gasteiger partial charge in [0.25, 0.3) is 0 Å². The number of rotatable bonds is 1.